The number of anilines is 4. The molecular weight excluding hydrogens is 985 g/mol. The van der Waals surface area contributed by atoms with Gasteiger partial charge >= 0.3 is 0 Å². The summed E-state index contributed by atoms with van der Waals surface area (Å²) in [5.74, 6) is 0.185. The number of rotatable bonds is 12. The Kier molecular flexibility index (Phi) is 13.2. The van der Waals surface area contributed by atoms with Crippen molar-refractivity contribution in [2.24, 2.45) is 11.3 Å². The summed E-state index contributed by atoms with van der Waals surface area (Å²) in [5, 5.41) is 26.7. The molecule has 6 heterocycles. The quantitative estimate of drug-likeness (QED) is 0.0686. The van der Waals surface area contributed by atoms with E-state index >= 15 is 0 Å². The van der Waals surface area contributed by atoms with Crippen molar-refractivity contribution in [3.8, 4) is 5.88 Å². The number of aliphatic hydroxyl groups is 1. The minimum atomic E-state index is -4.65. The number of ether oxygens (including phenoxy) is 2. The molecule has 2 aliphatic carbocycles. The van der Waals surface area contributed by atoms with E-state index in [9.17, 15) is 36.9 Å². The molecule has 3 saturated heterocycles. The highest BCUT2D eigenvalue weighted by molar-refractivity contribution is 7.91. The summed E-state index contributed by atoms with van der Waals surface area (Å²) in [7, 11) is -7.83. The van der Waals surface area contributed by atoms with Crippen molar-refractivity contribution in [2.75, 3.05) is 66.0 Å². The Bertz CT molecular complexity index is 3190. The number of sulfonamides is 1. The lowest BCUT2D eigenvalue weighted by Gasteiger charge is -2.57. The molecule has 11 rings (SSSR count). The van der Waals surface area contributed by atoms with Gasteiger partial charge in [-0.2, -0.15) is 4.98 Å². The van der Waals surface area contributed by atoms with Crippen molar-refractivity contribution in [1.82, 2.24) is 19.6 Å². The molecule has 4 aliphatic heterocycles. The number of carbonyl (C=O) groups is 1. The Morgan fingerprint density at radius 3 is 2.51 bits per heavy atom. The maximum Gasteiger partial charge on any atom is 0.293 e. The summed E-state index contributed by atoms with van der Waals surface area (Å²) in [6, 6.07) is 21.0. The molecule has 3 aromatic carbocycles. The van der Waals surface area contributed by atoms with E-state index in [-0.39, 0.29) is 64.7 Å². The number of aromatic amines is 1. The van der Waals surface area contributed by atoms with Crippen molar-refractivity contribution in [3.05, 3.63) is 106 Å². The largest absolute Gasteiger partial charge is 0.468 e. The molecule has 6 aliphatic rings. The number of nitrogens with zero attached hydrogens (tertiary/aromatic N) is 5. The number of carbonyl (C=O) groups excluding carboxylic acids is 1. The standard InChI is InChI=1S/C54H66N8O10S2/c1-34(2)40-6-4-5-7-41(40)48-33-73(67,68)25-23-60(48)38-29-54(30-38)18-21-59(22-19-54)37-8-10-42(45(27-37)61-44-15-24-71-32-49(44)72-52-47(61)26-36-14-20-55-50(36)57-52)51(63)58-74(69,70)39-9-11-43(46(28-39)62(65)66)56-31-35-12-16-53(3,64)17-13-35/h4-11,14,20,26-28,34-35,38,44,48-49,56,64H,12-13,15-19,21-25,29-33H2,1-3H3,(H,55,57)(H,58,63)/t35?,44-,48-,49-,53?/m0/s1. The predicted molar refractivity (Wildman–Crippen MR) is 283 cm³/mol. The Labute approximate surface area is 432 Å². The monoisotopic (exact) mass is 1050 g/mol. The summed E-state index contributed by atoms with van der Waals surface area (Å²) in [5.41, 5.74) is 4.06. The van der Waals surface area contributed by atoms with Crippen LogP contribution in [0.1, 0.15) is 112 Å². The first kappa shape index (κ1) is 50.4. The van der Waals surface area contributed by atoms with E-state index in [0.29, 0.717) is 61.9 Å². The first-order chi connectivity index (χ1) is 35.3. The van der Waals surface area contributed by atoms with Crippen molar-refractivity contribution in [2.45, 2.75) is 119 Å². The number of H-pyrrole nitrogens is 1. The van der Waals surface area contributed by atoms with Gasteiger partial charge in [0, 0.05) is 68.2 Å². The van der Waals surface area contributed by atoms with Crippen molar-refractivity contribution < 1.29 is 41.1 Å². The van der Waals surface area contributed by atoms with Gasteiger partial charge in [0.15, 0.2) is 9.84 Å². The minimum Gasteiger partial charge on any atom is -0.468 e. The second-order valence-electron chi connectivity index (χ2n) is 22.3. The highest BCUT2D eigenvalue weighted by Gasteiger charge is 2.51. The Morgan fingerprint density at radius 1 is 0.986 bits per heavy atom. The lowest BCUT2D eigenvalue weighted by atomic mass is 9.59. The molecule has 2 saturated carbocycles. The highest BCUT2D eigenvalue weighted by atomic mass is 32.2. The van der Waals surface area contributed by atoms with Crippen molar-refractivity contribution >= 4 is 65.2 Å². The van der Waals surface area contributed by atoms with E-state index in [1.807, 2.05) is 48.2 Å². The number of hydrogen-bond acceptors (Lipinski definition) is 15. The Hall–Kier alpha value is -5.80. The summed E-state index contributed by atoms with van der Waals surface area (Å²) in [6.45, 7) is 9.28. The second kappa shape index (κ2) is 19.4. The zero-order valence-corrected chi connectivity index (χ0v) is 43.8. The van der Waals surface area contributed by atoms with Crippen LogP contribution in [0.25, 0.3) is 11.0 Å². The number of sulfone groups is 1. The lowest BCUT2D eigenvalue weighted by molar-refractivity contribution is -0.384. The average Bonchev–Trinajstić information content (AvgIpc) is 3.83. The van der Waals surface area contributed by atoms with E-state index in [1.54, 1.807) is 12.3 Å². The molecule has 2 aromatic heterocycles. The molecule has 4 N–H and O–H groups in total. The van der Waals surface area contributed by atoms with Gasteiger partial charge in [-0.05, 0) is 136 Å². The fourth-order valence-corrected chi connectivity index (χ4v) is 15.2. The second-order valence-corrected chi connectivity index (χ2v) is 26.2. The van der Waals surface area contributed by atoms with Gasteiger partial charge in [0.05, 0.1) is 50.8 Å². The van der Waals surface area contributed by atoms with Gasteiger partial charge in [0.25, 0.3) is 21.6 Å². The number of pyridine rings is 1. The van der Waals surface area contributed by atoms with Crippen molar-refractivity contribution in [3.63, 3.8) is 0 Å². The van der Waals surface area contributed by atoms with Crippen LogP contribution in [-0.2, 0) is 24.6 Å². The van der Waals surface area contributed by atoms with Gasteiger partial charge in [-0.1, -0.05) is 38.1 Å². The third kappa shape index (κ3) is 9.83. The van der Waals surface area contributed by atoms with Crippen LogP contribution in [0.3, 0.4) is 0 Å². The van der Waals surface area contributed by atoms with E-state index in [2.05, 4.69) is 50.8 Å². The molecule has 18 nitrogen and oxygen atoms in total. The molecule has 5 aromatic rings. The molecule has 20 heteroatoms. The molecule has 394 valence electrons. The van der Waals surface area contributed by atoms with Crippen LogP contribution < -0.4 is 24.6 Å². The van der Waals surface area contributed by atoms with Gasteiger partial charge in [-0.15, -0.1) is 0 Å². The van der Waals surface area contributed by atoms with Crippen LogP contribution in [0.15, 0.2) is 83.9 Å². The summed E-state index contributed by atoms with van der Waals surface area (Å²) in [4.78, 5) is 40.8. The highest BCUT2D eigenvalue weighted by Crippen LogP contribution is 2.54. The van der Waals surface area contributed by atoms with E-state index in [4.69, 9.17) is 14.5 Å². The van der Waals surface area contributed by atoms with E-state index < -0.39 is 53.0 Å². The van der Waals surface area contributed by atoms with Crippen LogP contribution in [-0.4, -0.2) is 122 Å². The fourth-order valence-electron chi connectivity index (χ4n) is 12.7. The average molecular weight is 1050 g/mol. The van der Waals surface area contributed by atoms with Crippen LogP contribution >= 0.6 is 0 Å². The SMILES string of the molecule is CC(C)c1ccccc1[C@@H]1CS(=O)(=O)CCN1C1CC2(CCN(c3ccc(C(=O)NS(=O)(=O)c4ccc(NCC5CCC(C)(O)CC5)c([N+](=O)[O-])c4)c(N4c5cc6cc[nH]c6nc5O[C@H]5COCC[C@@H]54)c3)CC2)C1. The number of fused-ring (bicyclic) bond motifs is 3. The summed E-state index contributed by atoms with van der Waals surface area (Å²) >= 11 is 0. The first-order valence-electron chi connectivity index (χ1n) is 26.1. The smallest absolute Gasteiger partial charge is 0.293 e. The predicted octanol–water partition coefficient (Wildman–Crippen LogP) is 7.98. The molecule has 5 fully saturated rings. The van der Waals surface area contributed by atoms with Crippen molar-refractivity contribution in [1.29, 1.82) is 0 Å². The maximum atomic E-state index is 14.7. The third-order valence-electron chi connectivity index (χ3n) is 17.0. The number of nitrogens with one attached hydrogen (secondary N) is 3. The zero-order chi connectivity index (χ0) is 51.7. The third-order valence-corrected chi connectivity index (χ3v) is 20.0. The minimum absolute atomic E-state index is 0.0799. The topological polar surface area (TPSA) is 230 Å². The number of hydrogen-bond donors (Lipinski definition) is 4. The van der Waals surface area contributed by atoms with Crippen LogP contribution in [0.5, 0.6) is 5.88 Å². The van der Waals surface area contributed by atoms with Crippen LogP contribution in [0, 0.1) is 21.4 Å². The van der Waals surface area contributed by atoms with Crippen LogP contribution in [0.2, 0.25) is 0 Å². The summed E-state index contributed by atoms with van der Waals surface area (Å²) in [6.07, 6.45) is 8.47. The molecule has 0 radical (unpaired) electrons. The fraction of sp³-hybridized carbons (Fsp3) is 0.519. The molecule has 1 spiro atoms. The van der Waals surface area contributed by atoms with Gasteiger partial charge in [-0.25, -0.2) is 21.6 Å². The number of nitro benzene ring substituents is 1. The van der Waals surface area contributed by atoms with Gasteiger partial charge < -0.3 is 34.7 Å². The van der Waals surface area contributed by atoms with Gasteiger partial charge in [0.2, 0.25) is 5.88 Å². The normalized spacial score (nSPS) is 26.0. The first-order valence-corrected chi connectivity index (χ1v) is 29.4. The molecule has 0 unspecified atom stereocenters. The van der Waals surface area contributed by atoms with E-state index in [1.165, 1.54) is 17.7 Å². The van der Waals surface area contributed by atoms with Gasteiger partial charge in [-0.3, -0.25) is 19.8 Å². The number of amides is 1. The number of aromatic nitrogens is 2. The van der Waals surface area contributed by atoms with Crippen LogP contribution in [0.4, 0.5) is 28.4 Å². The molecule has 1 amide bonds. The summed E-state index contributed by atoms with van der Waals surface area (Å²) < 4.78 is 69.3. The number of nitro groups is 1. The maximum absolute atomic E-state index is 14.7. The Balaban J connectivity index is 0.866. The number of benzene rings is 3. The molecular formula is C54H66N8O10S2. The molecule has 74 heavy (non-hydrogen) atoms. The number of piperidine rings is 1. The molecule has 0 bridgehead atoms. The molecule has 3 atom stereocenters. The van der Waals surface area contributed by atoms with Gasteiger partial charge in [0.1, 0.15) is 23.1 Å². The Morgan fingerprint density at radius 2 is 1.76 bits per heavy atom. The van der Waals surface area contributed by atoms with E-state index in [0.717, 1.165) is 74.3 Å². The zero-order valence-electron chi connectivity index (χ0n) is 42.2. The lowest BCUT2D eigenvalue weighted by Crippen LogP contribution is -2.58.